The summed E-state index contributed by atoms with van der Waals surface area (Å²) in [4.78, 5) is 22.3. The Balaban J connectivity index is 2.79. The number of amides is 1. The van der Waals surface area contributed by atoms with Crippen LogP contribution in [0.2, 0.25) is 0 Å². The van der Waals surface area contributed by atoms with Gasteiger partial charge in [-0.2, -0.15) is 0 Å². The first-order chi connectivity index (χ1) is 8.56. The number of carboxylic acids is 1. The van der Waals surface area contributed by atoms with Crippen LogP contribution in [0.15, 0.2) is 30.3 Å². The van der Waals surface area contributed by atoms with Crippen LogP contribution < -0.4 is 5.32 Å². The Labute approximate surface area is 104 Å². The Morgan fingerprint density at radius 3 is 2.44 bits per heavy atom. The fraction of sp³-hybridized carbons (Fsp3) is 0.333. The number of aliphatic hydroxyl groups excluding tert-OH is 1. The molecule has 2 unspecified atom stereocenters. The van der Waals surface area contributed by atoms with Gasteiger partial charge in [0.2, 0.25) is 5.91 Å². The van der Waals surface area contributed by atoms with Crippen LogP contribution in [0.5, 0.6) is 0 Å². The van der Waals surface area contributed by atoms with Gasteiger partial charge in [0.15, 0.2) is 6.04 Å². The molecule has 1 aromatic rings. The van der Waals surface area contributed by atoms with Gasteiger partial charge in [0.1, 0.15) is 12.7 Å². The molecule has 0 aliphatic carbocycles. The molecule has 0 fully saturated rings. The van der Waals surface area contributed by atoms with E-state index in [0.29, 0.717) is 5.56 Å². The summed E-state index contributed by atoms with van der Waals surface area (Å²) in [6.45, 7) is -0.259. The van der Waals surface area contributed by atoms with Gasteiger partial charge >= 0.3 is 5.97 Å². The van der Waals surface area contributed by atoms with E-state index in [1.807, 2.05) is 0 Å². The SMILES string of the molecule is COCC(=O)NC(C(=O)O)C(O)c1ccccc1. The molecule has 98 valence electrons. The lowest BCUT2D eigenvalue weighted by Gasteiger charge is -2.20. The van der Waals surface area contributed by atoms with E-state index in [1.54, 1.807) is 30.3 Å². The standard InChI is InChI=1S/C12H15NO5/c1-18-7-9(14)13-10(12(16)17)11(15)8-5-3-2-4-6-8/h2-6,10-11,15H,7H2,1H3,(H,13,14)(H,16,17). The first-order valence-corrected chi connectivity index (χ1v) is 5.30. The molecule has 1 rings (SSSR count). The summed E-state index contributed by atoms with van der Waals surface area (Å²) in [7, 11) is 1.32. The van der Waals surface area contributed by atoms with Gasteiger partial charge in [0, 0.05) is 7.11 Å². The van der Waals surface area contributed by atoms with Crippen LogP contribution in [0.25, 0.3) is 0 Å². The van der Waals surface area contributed by atoms with Crippen LogP contribution in [-0.4, -0.2) is 41.8 Å². The molecule has 2 atom stereocenters. The van der Waals surface area contributed by atoms with Gasteiger partial charge in [-0.1, -0.05) is 30.3 Å². The van der Waals surface area contributed by atoms with E-state index in [1.165, 1.54) is 7.11 Å². The molecule has 0 aromatic heterocycles. The van der Waals surface area contributed by atoms with Crippen LogP contribution in [0.4, 0.5) is 0 Å². The number of ether oxygens (including phenoxy) is 1. The second kappa shape index (κ2) is 6.73. The Morgan fingerprint density at radius 1 is 1.33 bits per heavy atom. The van der Waals surface area contributed by atoms with Crippen molar-refractivity contribution in [2.45, 2.75) is 12.1 Å². The van der Waals surface area contributed by atoms with Crippen molar-refractivity contribution in [2.24, 2.45) is 0 Å². The third-order valence-corrected chi connectivity index (χ3v) is 2.31. The Hall–Kier alpha value is -1.92. The predicted octanol–water partition coefficient (Wildman–Crippen LogP) is -0.0642. The van der Waals surface area contributed by atoms with E-state index in [-0.39, 0.29) is 6.61 Å². The first-order valence-electron chi connectivity index (χ1n) is 5.30. The van der Waals surface area contributed by atoms with Gasteiger partial charge in [0.05, 0.1) is 0 Å². The van der Waals surface area contributed by atoms with Crippen molar-refractivity contribution in [1.82, 2.24) is 5.32 Å². The van der Waals surface area contributed by atoms with Gasteiger partial charge in [0.25, 0.3) is 0 Å². The van der Waals surface area contributed by atoms with Gasteiger partial charge < -0.3 is 20.3 Å². The van der Waals surface area contributed by atoms with E-state index < -0.39 is 24.0 Å². The highest BCUT2D eigenvalue weighted by Crippen LogP contribution is 2.16. The molecule has 3 N–H and O–H groups in total. The summed E-state index contributed by atoms with van der Waals surface area (Å²) in [6.07, 6.45) is -1.32. The van der Waals surface area contributed by atoms with E-state index in [2.05, 4.69) is 10.1 Å². The molecule has 0 radical (unpaired) electrons. The fourth-order valence-corrected chi connectivity index (χ4v) is 1.46. The average Bonchev–Trinajstić information content (AvgIpc) is 2.36. The lowest BCUT2D eigenvalue weighted by Crippen LogP contribution is -2.46. The third-order valence-electron chi connectivity index (χ3n) is 2.31. The number of nitrogens with one attached hydrogen (secondary N) is 1. The van der Waals surface area contributed by atoms with Gasteiger partial charge in [-0.3, -0.25) is 4.79 Å². The normalized spacial score (nSPS) is 13.7. The highest BCUT2D eigenvalue weighted by atomic mass is 16.5. The van der Waals surface area contributed by atoms with E-state index >= 15 is 0 Å². The Morgan fingerprint density at radius 2 is 1.94 bits per heavy atom. The first kappa shape index (κ1) is 14.1. The quantitative estimate of drug-likeness (QED) is 0.660. The van der Waals surface area contributed by atoms with Crippen LogP contribution >= 0.6 is 0 Å². The summed E-state index contributed by atoms with van der Waals surface area (Å²) in [6, 6.07) is 6.86. The molecule has 18 heavy (non-hydrogen) atoms. The zero-order valence-corrected chi connectivity index (χ0v) is 9.87. The number of aliphatic carboxylic acids is 1. The molecule has 1 aromatic carbocycles. The predicted molar refractivity (Wildman–Crippen MR) is 62.8 cm³/mol. The topological polar surface area (TPSA) is 95.9 Å². The van der Waals surface area contributed by atoms with E-state index in [4.69, 9.17) is 5.11 Å². The highest BCUT2D eigenvalue weighted by molar-refractivity contribution is 5.84. The number of methoxy groups -OCH3 is 1. The number of benzene rings is 1. The number of aliphatic hydroxyl groups is 1. The summed E-state index contributed by atoms with van der Waals surface area (Å²) in [5.41, 5.74) is 0.419. The molecule has 0 heterocycles. The Kier molecular flexibility index (Phi) is 5.29. The van der Waals surface area contributed by atoms with Crippen molar-refractivity contribution in [3.63, 3.8) is 0 Å². The molecule has 0 bridgehead atoms. The number of hydrogen-bond donors (Lipinski definition) is 3. The van der Waals surface area contributed by atoms with Gasteiger partial charge in [-0.05, 0) is 5.56 Å². The molecule has 0 spiro atoms. The Bertz CT molecular complexity index is 406. The zero-order valence-electron chi connectivity index (χ0n) is 9.87. The third kappa shape index (κ3) is 3.83. The second-order valence-corrected chi connectivity index (χ2v) is 3.67. The molecule has 0 aliphatic rings. The summed E-state index contributed by atoms with van der Waals surface area (Å²) in [5.74, 6) is -1.91. The molecule has 6 nitrogen and oxygen atoms in total. The number of carbonyl (C=O) groups excluding carboxylic acids is 1. The molecule has 0 saturated heterocycles. The van der Waals surface area contributed by atoms with Gasteiger partial charge in [-0.25, -0.2) is 4.79 Å². The van der Waals surface area contributed by atoms with Crippen molar-refractivity contribution in [3.8, 4) is 0 Å². The molecular weight excluding hydrogens is 238 g/mol. The average molecular weight is 253 g/mol. The van der Waals surface area contributed by atoms with Crippen molar-refractivity contribution >= 4 is 11.9 Å². The van der Waals surface area contributed by atoms with Crippen LogP contribution in [0, 0.1) is 0 Å². The van der Waals surface area contributed by atoms with E-state index in [0.717, 1.165) is 0 Å². The molecule has 0 aliphatic heterocycles. The number of carboxylic acid groups (broad SMARTS) is 1. The lowest BCUT2D eigenvalue weighted by molar-refractivity contribution is -0.145. The molecule has 6 heteroatoms. The smallest absolute Gasteiger partial charge is 0.329 e. The summed E-state index contributed by atoms with van der Waals surface area (Å²) >= 11 is 0. The molecular formula is C12H15NO5. The zero-order chi connectivity index (χ0) is 13.5. The fourth-order valence-electron chi connectivity index (χ4n) is 1.46. The number of rotatable bonds is 6. The van der Waals surface area contributed by atoms with Crippen molar-refractivity contribution in [3.05, 3.63) is 35.9 Å². The lowest BCUT2D eigenvalue weighted by atomic mass is 10.0. The maximum atomic E-state index is 11.3. The monoisotopic (exact) mass is 253 g/mol. The van der Waals surface area contributed by atoms with Crippen LogP contribution in [0.3, 0.4) is 0 Å². The minimum Gasteiger partial charge on any atom is -0.480 e. The minimum atomic E-state index is -1.41. The van der Waals surface area contributed by atoms with Crippen LogP contribution in [-0.2, 0) is 14.3 Å². The van der Waals surface area contributed by atoms with Crippen molar-refractivity contribution < 1.29 is 24.5 Å². The van der Waals surface area contributed by atoms with Crippen molar-refractivity contribution in [1.29, 1.82) is 0 Å². The van der Waals surface area contributed by atoms with E-state index in [9.17, 15) is 14.7 Å². The number of carbonyl (C=O) groups is 2. The maximum Gasteiger partial charge on any atom is 0.329 e. The van der Waals surface area contributed by atoms with Crippen LogP contribution in [0.1, 0.15) is 11.7 Å². The largest absolute Gasteiger partial charge is 0.480 e. The molecule has 0 saturated carbocycles. The minimum absolute atomic E-state index is 0.259. The maximum absolute atomic E-state index is 11.3. The highest BCUT2D eigenvalue weighted by Gasteiger charge is 2.29. The molecule has 1 amide bonds. The van der Waals surface area contributed by atoms with Gasteiger partial charge in [-0.15, -0.1) is 0 Å². The number of hydrogen-bond acceptors (Lipinski definition) is 4. The summed E-state index contributed by atoms with van der Waals surface area (Å²) in [5, 5.41) is 21.1. The second-order valence-electron chi connectivity index (χ2n) is 3.67. The summed E-state index contributed by atoms with van der Waals surface area (Å²) < 4.78 is 4.58. The van der Waals surface area contributed by atoms with Crippen molar-refractivity contribution in [2.75, 3.05) is 13.7 Å².